The molecule has 4 rings (SSSR count). The molecular formula is C28H37N3O7. The number of nitrogens with one attached hydrogen (secondary N) is 2. The second-order valence-corrected chi connectivity index (χ2v) is 9.35. The third-order valence-electron chi connectivity index (χ3n) is 6.58. The van der Waals surface area contributed by atoms with E-state index in [9.17, 15) is 14.7 Å². The molecule has 3 N–H and O–H groups in total. The van der Waals surface area contributed by atoms with Crippen molar-refractivity contribution in [1.29, 1.82) is 0 Å². The highest BCUT2D eigenvalue weighted by molar-refractivity contribution is 5.80. The van der Waals surface area contributed by atoms with E-state index in [0.29, 0.717) is 6.54 Å². The fraction of sp³-hybridized carbons (Fsp3) is 0.500. The first-order valence-electron chi connectivity index (χ1n) is 13.1. The first kappa shape index (κ1) is 28.0. The smallest absolute Gasteiger partial charge is 0.325 e. The Labute approximate surface area is 223 Å². The molecule has 0 spiro atoms. The third-order valence-corrected chi connectivity index (χ3v) is 6.58. The van der Waals surface area contributed by atoms with E-state index in [4.69, 9.17) is 18.9 Å². The van der Waals surface area contributed by atoms with E-state index >= 15 is 0 Å². The first-order valence-corrected chi connectivity index (χ1v) is 13.1. The Morgan fingerprint density at radius 3 is 2.34 bits per heavy atom. The highest BCUT2D eigenvalue weighted by Crippen LogP contribution is 2.38. The normalized spacial score (nSPS) is 22.0. The monoisotopic (exact) mass is 527 g/mol. The molecule has 0 bridgehead atoms. The predicted molar refractivity (Wildman–Crippen MR) is 139 cm³/mol. The molecule has 0 aromatic heterocycles. The molecule has 2 heterocycles. The molecule has 2 aromatic carbocycles. The Balaban J connectivity index is 1.38. The maximum Gasteiger partial charge on any atom is 0.325 e. The van der Waals surface area contributed by atoms with Crippen molar-refractivity contribution < 1.29 is 33.6 Å². The van der Waals surface area contributed by atoms with E-state index in [-0.39, 0.29) is 32.0 Å². The van der Waals surface area contributed by atoms with Gasteiger partial charge in [-0.3, -0.25) is 9.69 Å². The minimum absolute atomic E-state index is 0.00541. The molecule has 10 nitrogen and oxygen atoms in total. The summed E-state index contributed by atoms with van der Waals surface area (Å²) in [5, 5.41) is 14.6. The molecule has 2 saturated heterocycles. The van der Waals surface area contributed by atoms with Gasteiger partial charge in [0, 0.05) is 38.2 Å². The zero-order valence-corrected chi connectivity index (χ0v) is 21.8. The number of aliphatic hydroxyl groups excluding tert-OH is 1. The van der Waals surface area contributed by atoms with Crippen LogP contribution in [0.2, 0.25) is 0 Å². The van der Waals surface area contributed by atoms with Crippen LogP contribution in [0, 0.1) is 0 Å². The summed E-state index contributed by atoms with van der Waals surface area (Å²) in [6, 6.07) is 15.1. The predicted octanol–water partition coefficient (Wildman–Crippen LogP) is 2.42. The molecule has 2 amide bonds. The maximum absolute atomic E-state index is 12.0. The Morgan fingerprint density at radius 2 is 1.66 bits per heavy atom. The van der Waals surface area contributed by atoms with Crippen LogP contribution in [0.4, 0.5) is 4.79 Å². The summed E-state index contributed by atoms with van der Waals surface area (Å²) in [6.07, 6.45) is 0.0397. The van der Waals surface area contributed by atoms with Crippen molar-refractivity contribution in [3.63, 3.8) is 0 Å². The fourth-order valence-corrected chi connectivity index (χ4v) is 4.51. The number of amides is 2. The van der Waals surface area contributed by atoms with Gasteiger partial charge in [0.05, 0.1) is 38.6 Å². The van der Waals surface area contributed by atoms with E-state index < -0.39 is 18.3 Å². The van der Waals surface area contributed by atoms with Gasteiger partial charge in [-0.2, -0.15) is 0 Å². The number of nitrogens with zero attached hydrogens (tertiary/aromatic N) is 1. The van der Waals surface area contributed by atoms with Crippen LogP contribution in [0.15, 0.2) is 48.5 Å². The summed E-state index contributed by atoms with van der Waals surface area (Å²) < 4.78 is 23.1. The summed E-state index contributed by atoms with van der Waals surface area (Å²) in [7, 11) is 0. The zero-order chi connectivity index (χ0) is 26.7. The van der Waals surface area contributed by atoms with Crippen molar-refractivity contribution in [2.24, 2.45) is 0 Å². The second-order valence-electron chi connectivity index (χ2n) is 9.35. The topological polar surface area (TPSA) is 119 Å². The average Bonchev–Trinajstić information content (AvgIpc) is 2.96. The van der Waals surface area contributed by atoms with Gasteiger partial charge in [-0.15, -0.1) is 0 Å². The van der Waals surface area contributed by atoms with E-state index in [0.717, 1.165) is 61.5 Å². The molecule has 0 saturated carbocycles. The standard InChI is InChI=1S/C28H37N3O7/c1-2-36-26(33)17-30-28(34)29-16-20-3-9-23(10-4-20)27-37-24(18-31-11-13-35-14-12-31)15-25(38-27)22-7-5-21(19-32)6-8-22/h3-10,24-25,27,32H,2,11-19H2,1H3,(H2,29,30,34)/t24-,25+,27+/m0/s1. The van der Waals surface area contributed by atoms with Crippen LogP contribution >= 0.6 is 0 Å². The number of benzene rings is 2. The minimum atomic E-state index is -0.535. The van der Waals surface area contributed by atoms with E-state index in [1.54, 1.807) is 6.92 Å². The highest BCUT2D eigenvalue weighted by atomic mass is 16.7. The van der Waals surface area contributed by atoms with E-state index in [1.165, 1.54) is 0 Å². The van der Waals surface area contributed by atoms with Gasteiger partial charge in [0.2, 0.25) is 0 Å². The van der Waals surface area contributed by atoms with Gasteiger partial charge < -0.3 is 34.7 Å². The van der Waals surface area contributed by atoms with Gasteiger partial charge in [0.25, 0.3) is 0 Å². The van der Waals surface area contributed by atoms with Crippen LogP contribution in [0.3, 0.4) is 0 Å². The Bertz CT molecular complexity index is 1030. The lowest BCUT2D eigenvalue weighted by molar-refractivity contribution is -0.253. The van der Waals surface area contributed by atoms with Gasteiger partial charge in [-0.1, -0.05) is 48.5 Å². The molecule has 0 unspecified atom stereocenters. The molecule has 38 heavy (non-hydrogen) atoms. The molecule has 10 heteroatoms. The average molecular weight is 528 g/mol. The Kier molecular flexibility index (Phi) is 10.5. The largest absolute Gasteiger partial charge is 0.465 e. The number of carbonyl (C=O) groups is 2. The maximum atomic E-state index is 12.0. The van der Waals surface area contributed by atoms with Crippen molar-refractivity contribution in [3.05, 3.63) is 70.8 Å². The summed E-state index contributed by atoms with van der Waals surface area (Å²) in [5.74, 6) is -0.478. The molecule has 0 aliphatic carbocycles. The van der Waals surface area contributed by atoms with Gasteiger partial charge >= 0.3 is 12.0 Å². The van der Waals surface area contributed by atoms with E-state index in [2.05, 4.69) is 15.5 Å². The zero-order valence-electron chi connectivity index (χ0n) is 21.8. The molecule has 0 radical (unpaired) electrons. The van der Waals surface area contributed by atoms with Crippen molar-refractivity contribution in [2.75, 3.05) is 46.0 Å². The Morgan fingerprint density at radius 1 is 0.974 bits per heavy atom. The molecule has 2 aliphatic heterocycles. The molecule has 206 valence electrons. The first-order chi connectivity index (χ1) is 18.5. The van der Waals surface area contributed by atoms with Crippen molar-refractivity contribution in [3.8, 4) is 0 Å². The van der Waals surface area contributed by atoms with Crippen LogP contribution in [-0.4, -0.2) is 74.1 Å². The molecule has 2 aliphatic rings. The second kappa shape index (κ2) is 14.2. The van der Waals surface area contributed by atoms with Crippen LogP contribution < -0.4 is 10.6 Å². The van der Waals surface area contributed by atoms with Gasteiger partial charge in [0.1, 0.15) is 6.54 Å². The van der Waals surface area contributed by atoms with Crippen LogP contribution in [0.25, 0.3) is 0 Å². The van der Waals surface area contributed by atoms with Crippen molar-refractivity contribution in [1.82, 2.24) is 15.5 Å². The summed E-state index contributed by atoms with van der Waals surface area (Å²) in [5.41, 5.74) is 3.71. The number of urea groups is 1. The number of morpholine rings is 1. The number of hydrogen-bond donors (Lipinski definition) is 3. The summed E-state index contributed by atoms with van der Waals surface area (Å²) >= 11 is 0. The number of ether oxygens (including phenoxy) is 4. The number of carbonyl (C=O) groups excluding carboxylic acids is 2. The molecule has 2 aromatic rings. The lowest BCUT2D eigenvalue weighted by Crippen LogP contribution is -2.44. The number of aliphatic hydroxyl groups is 1. The molecular weight excluding hydrogens is 490 g/mol. The third kappa shape index (κ3) is 8.24. The summed E-state index contributed by atoms with van der Waals surface area (Å²) in [4.78, 5) is 25.7. The quantitative estimate of drug-likeness (QED) is 0.403. The van der Waals surface area contributed by atoms with Crippen LogP contribution in [0.5, 0.6) is 0 Å². The lowest BCUT2D eigenvalue weighted by Gasteiger charge is -2.39. The highest BCUT2D eigenvalue weighted by Gasteiger charge is 2.33. The van der Waals surface area contributed by atoms with Crippen LogP contribution in [0.1, 0.15) is 48.0 Å². The van der Waals surface area contributed by atoms with E-state index in [1.807, 2.05) is 48.5 Å². The minimum Gasteiger partial charge on any atom is -0.465 e. The fourth-order valence-electron chi connectivity index (χ4n) is 4.51. The van der Waals surface area contributed by atoms with Crippen molar-refractivity contribution in [2.45, 2.75) is 45.0 Å². The van der Waals surface area contributed by atoms with Crippen molar-refractivity contribution >= 4 is 12.0 Å². The SMILES string of the molecule is CCOC(=O)CNC(=O)NCc1ccc([C@@H]2O[C@H](CN3CCOCC3)C[C@H](c3ccc(CO)cc3)O2)cc1. The van der Waals surface area contributed by atoms with Gasteiger partial charge in [0.15, 0.2) is 6.29 Å². The number of rotatable bonds is 10. The van der Waals surface area contributed by atoms with Gasteiger partial charge in [-0.05, 0) is 23.6 Å². The molecule has 2 fully saturated rings. The lowest BCUT2D eigenvalue weighted by atomic mass is 9.99. The number of hydrogen-bond acceptors (Lipinski definition) is 8. The number of esters is 1. The summed E-state index contributed by atoms with van der Waals surface area (Å²) in [6.45, 7) is 6.16. The van der Waals surface area contributed by atoms with Crippen LogP contribution in [-0.2, 0) is 36.9 Å². The Hall–Kier alpha value is -3.02. The molecule has 3 atom stereocenters. The van der Waals surface area contributed by atoms with Gasteiger partial charge in [-0.25, -0.2) is 4.79 Å².